The number of carbonyl (C=O) groups excluding carboxylic acids is 1. The smallest absolute Gasteiger partial charge is 0.251 e. The van der Waals surface area contributed by atoms with Gasteiger partial charge in [-0.1, -0.05) is 42.5 Å². The van der Waals surface area contributed by atoms with E-state index in [1.165, 1.54) is 6.33 Å². The maximum absolute atomic E-state index is 12.5. The Bertz CT molecular complexity index is 1160. The molecule has 4 rings (SSSR count). The van der Waals surface area contributed by atoms with Gasteiger partial charge >= 0.3 is 0 Å². The monoisotopic (exact) mass is 410 g/mol. The first-order chi connectivity index (χ1) is 15.2. The molecule has 0 radical (unpaired) electrons. The summed E-state index contributed by atoms with van der Waals surface area (Å²) in [5, 5.41) is 6.18. The zero-order valence-corrected chi connectivity index (χ0v) is 17.1. The summed E-state index contributed by atoms with van der Waals surface area (Å²) in [6.07, 6.45) is 1.53. The van der Waals surface area contributed by atoms with Crippen molar-refractivity contribution in [2.45, 2.75) is 6.54 Å². The zero-order chi connectivity index (χ0) is 21.5. The number of hydrogen-bond acceptors (Lipinski definition) is 5. The van der Waals surface area contributed by atoms with Gasteiger partial charge in [0.2, 0.25) is 0 Å². The van der Waals surface area contributed by atoms with Gasteiger partial charge in [0.05, 0.1) is 12.8 Å². The summed E-state index contributed by atoms with van der Waals surface area (Å²) >= 11 is 0. The molecule has 0 atom stereocenters. The van der Waals surface area contributed by atoms with Gasteiger partial charge in [-0.2, -0.15) is 0 Å². The van der Waals surface area contributed by atoms with E-state index in [0.717, 1.165) is 28.3 Å². The Kier molecular flexibility index (Phi) is 6.18. The molecule has 6 heteroatoms. The van der Waals surface area contributed by atoms with Crippen LogP contribution in [0.5, 0.6) is 5.75 Å². The van der Waals surface area contributed by atoms with Crippen molar-refractivity contribution in [3.8, 4) is 17.0 Å². The van der Waals surface area contributed by atoms with Crippen molar-refractivity contribution in [3.05, 3.63) is 102 Å². The third kappa shape index (κ3) is 5.25. The molecule has 0 spiro atoms. The van der Waals surface area contributed by atoms with Gasteiger partial charge in [0.15, 0.2) is 0 Å². The number of nitrogens with zero attached hydrogens (tertiary/aromatic N) is 2. The van der Waals surface area contributed by atoms with Gasteiger partial charge in [-0.15, -0.1) is 0 Å². The molecular formula is C25H22N4O2. The highest BCUT2D eigenvalue weighted by atomic mass is 16.5. The molecule has 0 fully saturated rings. The number of nitrogens with one attached hydrogen (secondary N) is 2. The van der Waals surface area contributed by atoms with Crippen molar-refractivity contribution in [2.75, 3.05) is 12.4 Å². The third-order valence-corrected chi connectivity index (χ3v) is 4.74. The highest BCUT2D eigenvalue weighted by Crippen LogP contribution is 2.21. The summed E-state index contributed by atoms with van der Waals surface area (Å²) in [5.74, 6) is 1.31. The normalized spacial score (nSPS) is 10.4. The molecule has 0 saturated carbocycles. The first-order valence-corrected chi connectivity index (χ1v) is 9.87. The minimum Gasteiger partial charge on any atom is -0.497 e. The lowest BCUT2D eigenvalue weighted by Crippen LogP contribution is -2.22. The molecule has 4 aromatic rings. The van der Waals surface area contributed by atoms with Crippen LogP contribution in [0.3, 0.4) is 0 Å². The molecule has 0 saturated heterocycles. The molecule has 1 aromatic heterocycles. The Morgan fingerprint density at radius 2 is 1.71 bits per heavy atom. The average molecular weight is 410 g/mol. The van der Waals surface area contributed by atoms with Gasteiger partial charge in [-0.25, -0.2) is 9.97 Å². The molecular weight excluding hydrogens is 388 g/mol. The van der Waals surface area contributed by atoms with E-state index in [1.807, 2.05) is 72.8 Å². The van der Waals surface area contributed by atoms with Gasteiger partial charge in [-0.05, 0) is 42.0 Å². The second-order valence-corrected chi connectivity index (χ2v) is 6.89. The lowest BCUT2D eigenvalue weighted by molar-refractivity contribution is 0.0951. The molecule has 3 aromatic carbocycles. The van der Waals surface area contributed by atoms with E-state index in [-0.39, 0.29) is 5.91 Å². The van der Waals surface area contributed by atoms with Crippen LogP contribution in [0.1, 0.15) is 15.9 Å². The summed E-state index contributed by atoms with van der Waals surface area (Å²) in [6.45, 7) is 0.430. The van der Waals surface area contributed by atoms with Crippen LogP contribution in [0.2, 0.25) is 0 Å². The molecule has 1 amide bonds. The van der Waals surface area contributed by atoms with Crippen molar-refractivity contribution in [1.29, 1.82) is 0 Å². The standard InChI is InChI=1S/C25H22N4O2/c1-31-22-9-5-6-18(14-22)16-26-25(30)20-10-12-21(13-11-20)29-24-15-23(27-17-28-24)19-7-3-2-4-8-19/h2-15,17H,16H2,1H3,(H,26,30)(H,27,28,29). The van der Waals surface area contributed by atoms with Crippen LogP contribution in [0, 0.1) is 0 Å². The van der Waals surface area contributed by atoms with Crippen LogP contribution >= 0.6 is 0 Å². The van der Waals surface area contributed by atoms with Crippen LogP contribution < -0.4 is 15.4 Å². The number of hydrogen-bond donors (Lipinski definition) is 2. The molecule has 6 nitrogen and oxygen atoms in total. The molecule has 31 heavy (non-hydrogen) atoms. The largest absolute Gasteiger partial charge is 0.497 e. The second-order valence-electron chi connectivity index (χ2n) is 6.89. The summed E-state index contributed by atoms with van der Waals surface area (Å²) in [6, 6.07) is 26.7. The Balaban J connectivity index is 1.38. The van der Waals surface area contributed by atoms with E-state index in [4.69, 9.17) is 4.74 Å². The van der Waals surface area contributed by atoms with Gasteiger partial charge < -0.3 is 15.4 Å². The van der Waals surface area contributed by atoms with E-state index >= 15 is 0 Å². The Labute approximate surface area is 181 Å². The Hall–Kier alpha value is -4.19. The fraction of sp³-hybridized carbons (Fsp3) is 0.0800. The lowest BCUT2D eigenvalue weighted by Gasteiger charge is -2.09. The van der Waals surface area contributed by atoms with Crippen LogP contribution in [0.4, 0.5) is 11.5 Å². The first kappa shape index (κ1) is 20.1. The molecule has 0 unspecified atom stereocenters. The van der Waals surface area contributed by atoms with Crippen molar-refractivity contribution in [1.82, 2.24) is 15.3 Å². The van der Waals surface area contributed by atoms with Gasteiger partial charge in [0.25, 0.3) is 5.91 Å². The quantitative estimate of drug-likeness (QED) is 0.457. The summed E-state index contributed by atoms with van der Waals surface area (Å²) < 4.78 is 5.21. The van der Waals surface area contributed by atoms with Crippen molar-refractivity contribution in [3.63, 3.8) is 0 Å². The van der Waals surface area contributed by atoms with Crippen LogP contribution in [-0.2, 0) is 6.54 Å². The van der Waals surface area contributed by atoms with E-state index in [2.05, 4.69) is 20.6 Å². The number of anilines is 2. The molecule has 0 aliphatic heterocycles. The maximum atomic E-state index is 12.5. The predicted octanol–water partition coefficient (Wildman–Crippen LogP) is 4.83. The van der Waals surface area contributed by atoms with E-state index < -0.39 is 0 Å². The Morgan fingerprint density at radius 3 is 2.48 bits per heavy atom. The second kappa shape index (κ2) is 9.54. The summed E-state index contributed by atoms with van der Waals surface area (Å²) in [5.41, 5.74) is 4.26. The SMILES string of the molecule is COc1cccc(CNC(=O)c2ccc(Nc3cc(-c4ccccc4)ncn3)cc2)c1. The van der Waals surface area contributed by atoms with E-state index in [0.29, 0.717) is 17.9 Å². The number of ether oxygens (including phenoxy) is 1. The fourth-order valence-corrected chi connectivity index (χ4v) is 3.11. The fourth-order valence-electron chi connectivity index (χ4n) is 3.11. The molecule has 0 aliphatic rings. The van der Waals surface area contributed by atoms with Gasteiger partial charge in [0, 0.05) is 29.4 Å². The minimum atomic E-state index is -0.136. The topological polar surface area (TPSA) is 76.1 Å². The van der Waals surface area contributed by atoms with Gasteiger partial charge in [0.1, 0.15) is 17.9 Å². The molecule has 0 bridgehead atoms. The number of amides is 1. The Morgan fingerprint density at radius 1 is 0.903 bits per heavy atom. The number of methoxy groups -OCH3 is 1. The maximum Gasteiger partial charge on any atom is 0.251 e. The minimum absolute atomic E-state index is 0.136. The number of carbonyl (C=O) groups is 1. The molecule has 0 aliphatic carbocycles. The van der Waals surface area contributed by atoms with Crippen LogP contribution in [-0.4, -0.2) is 23.0 Å². The first-order valence-electron chi connectivity index (χ1n) is 9.87. The van der Waals surface area contributed by atoms with Gasteiger partial charge in [-0.3, -0.25) is 4.79 Å². The summed E-state index contributed by atoms with van der Waals surface area (Å²) in [4.78, 5) is 21.1. The number of rotatable bonds is 7. The molecule has 154 valence electrons. The summed E-state index contributed by atoms with van der Waals surface area (Å²) in [7, 11) is 1.62. The lowest BCUT2D eigenvalue weighted by atomic mass is 10.1. The number of benzene rings is 3. The van der Waals surface area contributed by atoms with E-state index in [1.54, 1.807) is 19.2 Å². The van der Waals surface area contributed by atoms with Crippen molar-refractivity contribution in [2.24, 2.45) is 0 Å². The van der Waals surface area contributed by atoms with Crippen molar-refractivity contribution < 1.29 is 9.53 Å². The highest BCUT2D eigenvalue weighted by molar-refractivity contribution is 5.94. The molecule has 2 N–H and O–H groups in total. The average Bonchev–Trinajstić information content (AvgIpc) is 2.84. The molecule has 1 heterocycles. The zero-order valence-electron chi connectivity index (χ0n) is 17.1. The highest BCUT2D eigenvalue weighted by Gasteiger charge is 2.07. The van der Waals surface area contributed by atoms with E-state index in [9.17, 15) is 4.79 Å². The number of aromatic nitrogens is 2. The van der Waals surface area contributed by atoms with Crippen molar-refractivity contribution >= 4 is 17.4 Å². The van der Waals surface area contributed by atoms with Crippen LogP contribution in [0.15, 0.2) is 91.3 Å². The predicted molar refractivity (Wildman–Crippen MR) is 121 cm³/mol. The third-order valence-electron chi connectivity index (χ3n) is 4.74. The van der Waals surface area contributed by atoms with Crippen LogP contribution in [0.25, 0.3) is 11.3 Å².